The average Bonchev–Trinajstić information content (AvgIpc) is 2.32. The highest BCUT2D eigenvalue weighted by Gasteiger charge is 2.19. The van der Waals surface area contributed by atoms with E-state index in [0.29, 0.717) is 6.54 Å². The second-order valence-corrected chi connectivity index (χ2v) is 5.05. The smallest absolute Gasteiger partial charge is 0.234 e. The van der Waals surface area contributed by atoms with Crippen LogP contribution in [0, 0.1) is 13.8 Å². The molecule has 98 valence electrons. The lowest BCUT2D eigenvalue weighted by atomic mass is 9.99. The number of benzene rings is 1. The first-order valence-corrected chi connectivity index (χ1v) is 6.38. The normalized spacial score (nSPS) is 18.5. The number of nitrogens with two attached hydrogens (primary N) is 1. The van der Waals surface area contributed by atoms with Crippen LogP contribution in [0.5, 0.6) is 0 Å². The van der Waals surface area contributed by atoms with Crippen molar-refractivity contribution in [3.8, 4) is 0 Å². The van der Waals surface area contributed by atoms with Gasteiger partial charge in [-0.05, 0) is 25.0 Å². The van der Waals surface area contributed by atoms with Gasteiger partial charge in [0.05, 0.1) is 6.54 Å². The summed E-state index contributed by atoms with van der Waals surface area (Å²) in [5.74, 6) is 0.0921. The molecule has 1 atom stereocenters. The maximum absolute atomic E-state index is 11.3. The van der Waals surface area contributed by atoms with E-state index in [2.05, 4.69) is 42.3 Å². The van der Waals surface area contributed by atoms with Gasteiger partial charge in [-0.3, -0.25) is 9.69 Å². The second kappa shape index (κ2) is 5.50. The molecule has 0 saturated carbocycles. The van der Waals surface area contributed by atoms with Crippen LogP contribution in [0.15, 0.2) is 18.2 Å². The standard InChI is InChI=1S/C14H21N3O/c1-10-3-4-11(2)12(7-10)13(15)8-17-6-5-16-14(18)9-17/h3-4,7,13H,5-6,8-9,15H2,1-2H3,(H,16,18). The van der Waals surface area contributed by atoms with Crippen molar-refractivity contribution in [2.75, 3.05) is 26.2 Å². The molecule has 1 aromatic carbocycles. The minimum absolute atomic E-state index is 0.0317. The van der Waals surface area contributed by atoms with Crippen LogP contribution in [0.25, 0.3) is 0 Å². The molecule has 1 aromatic rings. The average molecular weight is 247 g/mol. The highest BCUT2D eigenvalue weighted by molar-refractivity contribution is 5.78. The SMILES string of the molecule is Cc1ccc(C)c(C(N)CN2CCNC(=O)C2)c1. The predicted molar refractivity (Wildman–Crippen MR) is 72.3 cm³/mol. The Morgan fingerprint density at radius 1 is 1.44 bits per heavy atom. The quantitative estimate of drug-likeness (QED) is 0.828. The predicted octanol–water partition coefficient (Wildman–Crippen LogP) is 0.735. The molecule has 4 heteroatoms. The second-order valence-electron chi connectivity index (χ2n) is 5.05. The van der Waals surface area contributed by atoms with Crippen molar-refractivity contribution in [3.63, 3.8) is 0 Å². The summed E-state index contributed by atoms with van der Waals surface area (Å²) in [5.41, 5.74) is 9.89. The number of carbonyl (C=O) groups is 1. The summed E-state index contributed by atoms with van der Waals surface area (Å²) in [6, 6.07) is 6.31. The van der Waals surface area contributed by atoms with Gasteiger partial charge in [0.1, 0.15) is 0 Å². The van der Waals surface area contributed by atoms with E-state index in [-0.39, 0.29) is 11.9 Å². The molecular weight excluding hydrogens is 226 g/mol. The maximum atomic E-state index is 11.3. The fourth-order valence-corrected chi connectivity index (χ4v) is 2.38. The molecular formula is C14H21N3O. The fourth-order valence-electron chi connectivity index (χ4n) is 2.38. The van der Waals surface area contributed by atoms with Gasteiger partial charge in [-0.1, -0.05) is 23.8 Å². The van der Waals surface area contributed by atoms with Gasteiger partial charge >= 0.3 is 0 Å². The van der Waals surface area contributed by atoms with Crippen LogP contribution in [-0.2, 0) is 4.79 Å². The Kier molecular flexibility index (Phi) is 3.99. The molecule has 0 aromatic heterocycles. The van der Waals surface area contributed by atoms with Crippen LogP contribution in [-0.4, -0.2) is 37.0 Å². The molecule has 0 aliphatic carbocycles. The van der Waals surface area contributed by atoms with E-state index in [4.69, 9.17) is 5.73 Å². The maximum Gasteiger partial charge on any atom is 0.234 e. The fraction of sp³-hybridized carbons (Fsp3) is 0.500. The molecule has 3 N–H and O–H groups in total. The molecule has 1 amide bonds. The number of aryl methyl sites for hydroxylation is 2. The highest BCUT2D eigenvalue weighted by Crippen LogP contribution is 2.18. The topological polar surface area (TPSA) is 58.4 Å². The molecule has 1 unspecified atom stereocenters. The number of hydrogen-bond acceptors (Lipinski definition) is 3. The molecule has 4 nitrogen and oxygen atoms in total. The van der Waals surface area contributed by atoms with Crippen molar-refractivity contribution in [1.29, 1.82) is 0 Å². The number of nitrogens with zero attached hydrogens (tertiary/aromatic N) is 1. The number of hydrogen-bond donors (Lipinski definition) is 2. The molecule has 1 aliphatic rings. The Hall–Kier alpha value is -1.39. The molecule has 0 bridgehead atoms. The van der Waals surface area contributed by atoms with E-state index in [1.165, 1.54) is 16.7 Å². The third kappa shape index (κ3) is 3.09. The van der Waals surface area contributed by atoms with Crippen LogP contribution in [0.3, 0.4) is 0 Å². The van der Waals surface area contributed by atoms with Gasteiger partial charge in [-0.15, -0.1) is 0 Å². The highest BCUT2D eigenvalue weighted by atomic mass is 16.2. The lowest BCUT2D eigenvalue weighted by molar-refractivity contribution is -0.124. The molecule has 0 spiro atoms. The van der Waals surface area contributed by atoms with Gasteiger partial charge in [0.25, 0.3) is 0 Å². The minimum Gasteiger partial charge on any atom is -0.354 e. The molecule has 1 heterocycles. The third-order valence-electron chi connectivity index (χ3n) is 3.41. The van der Waals surface area contributed by atoms with Crippen molar-refractivity contribution < 1.29 is 4.79 Å². The summed E-state index contributed by atoms with van der Waals surface area (Å²) >= 11 is 0. The Labute approximate surface area is 108 Å². The summed E-state index contributed by atoms with van der Waals surface area (Å²) < 4.78 is 0. The van der Waals surface area contributed by atoms with Crippen molar-refractivity contribution in [2.45, 2.75) is 19.9 Å². The van der Waals surface area contributed by atoms with Gasteiger partial charge in [-0.2, -0.15) is 0 Å². The van der Waals surface area contributed by atoms with Crippen molar-refractivity contribution in [2.24, 2.45) is 5.73 Å². The molecule has 1 fully saturated rings. The first kappa shape index (κ1) is 13.1. The van der Waals surface area contributed by atoms with Gasteiger partial charge in [0.15, 0.2) is 0 Å². The van der Waals surface area contributed by atoms with E-state index < -0.39 is 0 Å². The van der Waals surface area contributed by atoms with Gasteiger partial charge < -0.3 is 11.1 Å². The van der Waals surface area contributed by atoms with Crippen LogP contribution in [0.1, 0.15) is 22.7 Å². The van der Waals surface area contributed by atoms with E-state index in [1.54, 1.807) is 0 Å². The molecule has 1 aliphatic heterocycles. The van der Waals surface area contributed by atoms with Crippen molar-refractivity contribution >= 4 is 5.91 Å². The number of piperazine rings is 1. The van der Waals surface area contributed by atoms with Crippen molar-refractivity contribution in [3.05, 3.63) is 34.9 Å². The third-order valence-corrected chi connectivity index (χ3v) is 3.41. The Balaban J connectivity index is 2.04. The van der Waals surface area contributed by atoms with Crippen LogP contribution in [0.2, 0.25) is 0 Å². The Morgan fingerprint density at radius 3 is 2.94 bits per heavy atom. The largest absolute Gasteiger partial charge is 0.354 e. The molecule has 0 radical (unpaired) electrons. The lowest BCUT2D eigenvalue weighted by Crippen LogP contribution is -2.49. The monoisotopic (exact) mass is 247 g/mol. The molecule has 1 saturated heterocycles. The van der Waals surface area contributed by atoms with Gasteiger partial charge in [-0.25, -0.2) is 0 Å². The van der Waals surface area contributed by atoms with Gasteiger partial charge in [0.2, 0.25) is 5.91 Å². The number of rotatable bonds is 3. The summed E-state index contributed by atoms with van der Waals surface area (Å²) in [6.07, 6.45) is 0. The summed E-state index contributed by atoms with van der Waals surface area (Å²) in [4.78, 5) is 13.4. The van der Waals surface area contributed by atoms with Crippen LogP contribution < -0.4 is 11.1 Å². The molecule has 2 rings (SSSR count). The minimum atomic E-state index is -0.0317. The number of amides is 1. The summed E-state index contributed by atoms with van der Waals surface area (Å²) in [7, 11) is 0. The Bertz CT molecular complexity index is 445. The zero-order chi connectivity index (χ0) is 13.1. The lowest BCUT2D eigenvalue weighted by Gasteiger charge is -2.29. The number of carbonyl (C=O) groups excluding carboxylic acids is 1. The summed E-state index contributed by atoms with van der Waals surface area (Å²) in [6.45, 7) is 6.94. The summed E-state index contributed by atoms with van der Waals surface area (Å²) in [5, 5.41) is 2.82. The molecule has 18 heavy (non-hydrogen) atoms. The Morgan fingerprint density at radius 2 is 2.22 bits per heavy atom. The zero-order valence-corrected chi connectivity index (χ0v) is 11.1. The van der Waals surface area contributed by atoms with Crippen LogP contribution in [0.4, 0.5) is 0 Å². The first-order valence-electron chi connectivity index (χ1n) is 6.38. The zero-order valence-electron chi connectivity index (χ0n) is 11.1. The van der Waals surface area contributed by atoms with Crippen LogP contribution >= 0.6 is 0 Å². The van der Waals surface area contributed by atoms with E-state index in [0.717, 1.165) is 19.6 Å². The van der Waals surface area contributed by atoms with E-state index >= 15 is 0 Å². The number of nitrogens with one attached hydrogen (secondary N) is 1. The van der Waals surface area contributed by atoms with Crippen molar-refractivity contribution in [1.82, 2.24) is 10.2 Å². The van der Waals surface area contributed by atoms with Gasteiger partial charge in [0, 0.05) is 25.7 Å². The van der Waals surface area contributed by atoms with E-state index in [1.807, 2.05) is 0 Å². The first-order chi connectivity index (χ1) is 8.56. The van der Waals surface area contributed by atoms with E-state index in [9.17, 15) is 4.79 Å².